The molecule has 0 radical (unpaired) electrons. The van der Waals surface area contributed by atoms with E-state index in [-0.39, 0.29) is 0 Å². The number of hydrogen-bond acceptors (Lipinski definition) is 4. The van der Waals surface area contributed by atoms with Crippen LogP contribution in [0.5, 0.6) is 11.5 Å². The van der Waals surface area contributed by atoms with Crippen LogP contribution in [0.25, 0.3) is 11.1 Å². The molecule has 1 saturated heterocycles. The van der Waals surface area contributed by atoms with Gasteiger partial charge in [-0.1, -0.05) is 54.6 Å². The molecule has 1 fully saturated rings. The number of allylic oxidation sites excluding steroid dienone is 1. The minimum atomic E-state index is -0.736. The van der Waals surface area contributed by atoms with Crippen LogP contribution in [0.15, 0.2) is 72.8 Å². The molecule has 3 aromatic rings. The SMILES string of the molecule is COc1ccccc1C1=C(C(O)c2ccc(OCCN3CCCC3)cc2)c2ccccc2CC1. The molecule has 1 heterocycles. The number of aryl methyl sites for hydroxylation is 1. The molecule has 0 spiro atoms. The van der Waals surface area contributed by atoms with Crippen LogP contribution >= 0.6 is 0 Å². The summed E-state index contributed by atoms with van der Waals surface area (Å²) < 4.78 is 11.6. The fraction of sp³-hybridized carbons (Fsp3) is 0.333. The van der Waals surface area contributed by atoms with Crippen molar-refractivity contribution in [1.82, 2.24) is 4.90 Å². The van der Waals surface area contributed by atoms with Crippen molar-refractivity contribution in [2.24, 2.45) is 0 Å². The van der Waals surface area contributed by atoms with E-state index in [1.807, 2.05) is 48.5 Å². The number of ether oxygens (including phenoxy) is 2. The number of hydrogen-bond donors (Lipinski definition) is 1. The van der Waals surface area contributed by atoms with Crippen LogP contribution in [0.1, 0.15) is 47.6 Å². The van der Waals surface area contributed by atoms with Gasteiger partial charge >= 0.3 is 0 Å². The second-order valence-corrected chi connectivity index (χ2v) is 9.12. The molecule has 1 atom stereocenters. The van der Waals surface area contributed by atoms with E-state index in [0.29, 0.717) is 6.61 Å². The molecule has 5 rings (SSSR count). The summed E-state index contributed by atoms with van der Waals surface area (Å²) in [4.78, 5) is 2.45. The number of likely N-dealkylation sites (tertiary alicyclic amines) is 1. The zero-order valence-electron chi connectivity index (χ0n) is 19.9. The monoisotopic (exact) mass is 455 g/mol. The zero-order chi connectivity index (χ0) is 23.3. The Hall–Kier alpha value is -3.08. The van der Waals surface area contributed by atoms with Gasteiger partial charge in [-0.15, -0.1) is 0 Å². The first-order valence-electron chi connectivity index (χ1n) is 12.3. The molecule has 1 aliphatic heterocycles. The normalized spacial score (nSPS) is 16.9. The van der Waals surface area contributed by atoms with Crippen molar-refractivity contribution in [3.05, 3.63) is 95.1 Å². The van der Waals surface area contributed by atoms with Gasteiger partial charge in [0.2, 0.25) is 0 Å². The van der Waals surface area contributed by atoms with E-state index in [1.165, 1.54) is 31.5 Å². The van der Waals surface area contributed by atoms with Gasteiger partial charge in [-0.3, -0.25) is 4.90 Å². The first-order chi connectivity index (χ1) is 16.7. The summed E-state index contributed by atoms with van der Waals surface area (Å²) in [6, 6.07) is 24.4. The minimum absolute atomic E-state index is 0.693. The molecule has 4 nitrogen and oxygen atoms in total. The first-order valence-corrected chi connectivity index (χ1v) is 12.3. The van der Waals surface area contributed by atoms with E-state index in [9.17, 15) is 5.11 Å². The maximum atomic E-state index is 11.7. The van der Waals surface area contributed by atoms with Crippen molar-refractivity contribution >= 4 is 11.1 Å². The van der Waals surface area contributed by atoms with Crippen molar-refractivity contribution < 1.29 is 14.6 Å². The third-order valence-electron chi connectivity index (χ3n) is 7.05. The fourth-order valence-corrected chi connectivity index (χ4v) is 5.26. The molecule has 1 N–H and O–H groups in total. The summed E-state index contributed by atoms with van der Waals surface area (Å²) in [6.07, 6.45) is 3.66. The Kier molecular flexibility index (Phi) is 6.98. The lowest BCUT2D eigenvalue weighted by Crippen LogP contribution is -2.25. The molecule has 0 bridgehead atoms. The van der Waals surface area contributed by atoms with Crippen LogP contribution in [-0.2, 0) is 6.42 Å². The number of fused-ring (bicyclic) bond motifs is 1. The molecule has 1 unspecified atom stereocenters. The van der Waals surface area contributed by atoms with Crippen LogP contribution in [0.4, 0.5) is 0 Å². The first kappa shape index (κ1) is 22.7. The quantitative estimate of drug-likeness (QED) is 0.469. The standard InChI is InChI=1S/C30H33NO3/c1-33-28-11-5-4-10-26(28)27-17-14-22-8-2-3-9-25(22)29(27)30(32)23-12-15-24(16-13-23)34-21-20-31-18-6-7-19-31/h2-5,8-13,15-16,30,32H,6-7,14,17-21H2,1H3. The van der Waals surface area contributed by atoms with Crippen LogP contribution in [-0.4, -0.2) is 43.4 Å². The summed E-state index contributed by atoms with van der Waals surface area (Å²) in [6.45, 7) is 4.02. The Labute approximate surface area is 202 Å². The van der Waals surface area contributed by atoms with Gasteiger partial charge < -0.3 is 14.6 Å². The smallest absolute Gasteiger partial charge is 0.126 e. The van der Waals surface area contributed by atoms with Crippen molar-refractivity contribution in [2.75, 3.05) is 33.4 Å². The molecule has 2 aliphatic rings. The highest BCUT2D eigenvalue weighted by Gasteiger charge is 2.27. The fourth-order valence-electron chi connectivity index (χ4n) is 5.26. The van der Waals surface area contributed by atoms with Gasteiger partial charge in [0.15, 0.2) is 0 Å². The topological polar surface area (TPSA) is 41.9 Å². The summed E-state index contributed by atoms with van der Waals surface area (Å²) in [7, 11) is 1.70. The largest absolute Gasteiger partial charge is 0.496 e. The lowest BCUT2D eigenvalue weighted by atomic mass is 9.79. The number of aliphatic hydroxyl groups excluding tert-OH is 1. The van der Waals surface area contributed by atoms with Gasteiger partial charge in [0.05, 0.1) is 7.11 Å². The van der Waals surface area contributed by atoms with E-state index in [4.69, 9.17) is 9.47 Å². The minimum Gasteiger partial charge on any atom is -0.496 e. The Morgan fingerprint density at radius 2 is 1.56 bits per heavy atom. The maximum absolute atomic E-state index is 11.7. The Bertz CT molecular complexity index is 1150. The predicted octanol–water partition coefficient (Wildman–Crippen LogP) is 5.76. The highest BCUT2D eigenvalue weighted by molar-refractivity contribution is 5.96. The molecule has 0 aromatic heterocycles. The molecule has 1 aliphatic carbocycles. The molecule has 0 amide bonds. The molecular formula is C30H33NO3. The van der Waals surface area contributed by atoms with E-state index in [2.05, 4.69) is 29.2 Å². The van der Waals surface area contributed by atoms with Crippen LogP contribution in [0.2, 0.25) is 0 Å². The summed E-state index contributed by atoms with van der Waals surface area (Å²) >= 11 is 0. The van der Waals surface area contributed by atoms with Gasteiger partial charge in [-0.25, -0.2) is 0 Å². The van der Waals surface area contributed by atoms with Gasteiger partial charge in [-0.05, 0) is 84.8 Å². The van der Waals surface area contributed by atoms with Crippen molar-refractivity contribution in [3.63, 3.8) is 0 Å². The second kappa shape index (κ2) is 10.5. The van der Waals surface area contributed by atoms with Crippen molar-refractivity contribution in [1.29, 1.82) is 0 Å². The average molecular weight is 456 g/mol. The van der Waals surface area contributed by atoms with E-state index < -0.39 is 6.10 Å². The number of benzene rings is 3. The summed E-state index contributed by atoms with van der Waals surface area (Å²) in [5, 5.41) is 11.7. The van der Waals surface area contributed by atoms with Gasteiger partial charge in [0.1, 0.15) is 24.2 Å². The third-order valence-corrected chi connectivity index (χ3v) is 7.05. The second-order valence-electron chi connectivity index (χ2n) is 9.12. The predicted molar refractivity (Wildman–Crippen MR) is 137 cm³/mol. The molecule has 176 valence electrons. The number of rotatable bonds is 8. The zero-order valence-corrected chi connectivity index (χ0v) is 19.9. The third kappa shape index (κ3) is 4.75. The average Bonchev–Trinajstić information content (AvgIpc) is 3.41. The number of para-hydroxylation sites is 1. The van der Waals surface area contributed by atoms with Gasteiger partial charge in [0.25, 0.3) is 0 Å². The summed E-state index contributed by atoms with van der Waals surface area (Å²) in [5.74, 6) is 1.68. The highest BCUT2D eigenvalue weighted by Crippen LogP contribution is 2.45. The highest BCUT2D eigenvalue weighted by atomic mass is 16.5. The van der Waals surface area contributed by atoms with E-state index in [0.717, 1.165) is 58.7 Å². The van der Waals surface area contributed by atoms with Crippen LogP contribution in [0.3, 0.4) is 0 Å². The Balaban J connectivity index is 1.43. The van der Waals surface area contributed by atoms with Gasteiger partial charge in [-0.2, -0.15) is 0 Å². The van der Waals surface area contributed by atoms with E-state index >= 15 is 0 Å². The number of methoxy groups -OCH3 is 1. The maximum Gasteiger partial charge on any atom is 0.126 e. The van der Waals surface area contributed by atoms with Crippen molar-refractivity contribution in [2.45, 2.75) is 31.8 Å². The molecule has 34 heavy (non-hydrogen) atoms. The Morgan fingerprint density at radius 3 is 2.32 bits per heavy atom. The van der Waals surface area contributed by atoms with Crippen LogP contribution in [0, 0.1) is 0 Å². The molecule has 0 saturated carbocycles. The lowest BCUT2D eigenvalue weighted by Gasteiger charge is -2.28. The Morgan fingerprint density at radius 1 is 0.853 bits per heavy atom. The van der Waals surface area contributed by atoms with Crippen molar-refractivity contribution in [3.8, 4) is 11.5 Å². The lowest BCUT2D eigenvalue weighted by molar-refractivity contribution is 0.234. The van der Waals surface area contributed by atoms with E-state index in [1.54, 1.807) is 7.11 Å². The number of aliphatic hydroxyl groups is 1. The molecule has 3 aromatic carbocycles. The molecule has 4 heteroatoms. The summed E-state index contributed by atoms with van der Waals surface area (Å²) in [5.41, 5.74) is 6.43. The van der Waals surface area contributed by atoms with Gasteiger partial charge in [0, 0.05) is 12.1 Å². The molecular weight excluding hydrogens is 422 g/mol. The van der Waals surface area contributed by atoms with Crippen LogP contribution < -0.4 is 9.47 Å². The number of nitrogens with zero attached hydrogens (tertiary/aromatic N) is 1.